The quantitative estimate of drug-likeness (QED) is 0.557. The molecule has 1 aromatic carbocycles. The molecule has 4 aromatic rings. The van der Waals surface area contributed by atoms with Crippen LogP contribution in [0.25, 0.3) is 5.65 Å². The summed E-state index contributed by atoms with van der Waals surface area (Å²) < 4.78 is 7.84. The molecule has 5 heteroatoms. The summed E-state index contributed by atoms with van der Waals surface area (Å²) in [6.45, 7) is 2.07. The minimum absolute atomic E-state index is 0.459. The van der Waals surface area contributed by atoms with Crippen LogP contribution in [0, 0.1) is 0 Å². The van der Waals surface area contributed by atoms with Crippen LogP contribution in [0.15, 0.2) is 79.4 Å². The third-order valence-corrected chi connectivity index (χ3v) is 4.10. The molecule has 3 heterocycles. The number of imidazole rings is 1. The number of hydrogen-bond acceptors (Lipinski definition) is 4. The van der Waals surface area contributed by atoms with E-state index in [0.717, 1.165) is 30.2 Å². The molecular weight excluding hydrogens is 324 g/mol. The number of nitrogens with one attached hydrogen (secondary N) is 1. The average molecular weight is 344 g/mol. The third kappa shape index (κ3) is 4.07. The Morgan fingerprint density at radius 1 is 0.923 bits per heavy atom. The second-order valence-electron chi connectivity index (χ2n) is 6.10. The Hall–Kier alpha value is -3.18. The van der Waals surface area contributed by atoms with E-state index in [0.29, 0.717) is 6.61 Å². The maximum atomic E-state index is 5.85. The van der Waals surface area contributed by atoms with Crippen molar-refractivity contribution in [1.82, 2.24) is 19.7 Å². The van der Waals surface area contributed by atoms with Gasteiger partial charge in [0.2, 0.25) is 0 Å². The lowest BCUT2D eigenvalue weighted by Crippen LogP contribution is -2.12. The van der Waals surface area contributed by atoms with Crippen molar-refractivity contribution in [2.45, 2.75) is 19.7 Å². The van der Waals surface area contributed by atoms with Crippen LogP contribution in [-0.2, 0) is 19.7 Å². The molecule has 3 aromatic heterocycles. The monoisotopic (exact) mass is 344 g/mol. The summed E-state index contributed by atoms with van der Waals surface area (Å²) in [6, 6.07) is 18.1. The molecule has 0 saturated carbocycles. The number of nitrogens with zero attached hydrogens (tertiary/aromatic N) is 3. The van der Waals surface area contributed by atoms with Crippen LogP contribution in [0.1, 0.15) is 16.8 Å². The molecule has 26 heavy (non-hydrogen) atoms. The summed E-state index contributed by atoms with van der Waals surface area (Å²) in [7, 11) is 0. The highest BCUT2D eigenvalue weighted by Crippen LogP contribution is 2.14. The molecule has 0 aliphatic carbocycles. The van der Waals surface area contributed by atoms with Crippen molar-refractivity contribution < 1.29 is 4.74 Å². The average Bonchev–Trinajstić information content (AvgIpc) is 3.11. The lowest BCUT2D eigenvalue weighted by Gasteiger charge is -2.07. The standard InChI is InChI=1S/C21H20N4O/c1-2-11-25-15-19(24-21(25)5-1)16-26-20-8-6-17(7-9-20)12-23-14-18-4-3-10-22-13-18/h1-11,13,15,23H,12,14,16H2. The highest BCUT2D eigenvalue weighted by atomic mass is 16.5. The van der Waals surface area contributed by atoms with Crippen molar-refractivity contribution in [1.29, 1.82) is 0 Å². The van der Waals surface area contributed by atoms with Gasteiger partial charge in [0.1, 0.15) is 18.0 Å². The van der Waals surface area contributed by atoms with Crippen LogP contribution >= 0.6 is 0 Å². The van der Waals surface area contributed by atoms with Gasteiger partial charge in [0.15, 0.2) is 0 Å². The van der Waals surface area contributed by atoms with E-state index in [4.69, 9.17) is 4.74 Å². The van der Waals surface area contributed by atoms with Gasteiger partial charge in [-0.05, 0) is 41.5 Å². The fourth-order valence-electron chi connectivity index (χ4n) is 2.77. The predicted octanol–water partition coefficient (Wildman–Crippen LogP) is 3.60. The maximum absolute atomic E-state index is 5.85. The van der Waals surface area contributed by atoms with Crippen LogP contribution < -0.4 is 10.1 Å². The molecule has 0 atom stereocenters. The Morgan fingerprint density at radius 3 is 2.62 bits per heavy atom. The van der Waals surface area contributed by atoms with Crippen LogP contribution in [0.4, 0.5) is 0 Å². The van der Waals surface area contributed by atoms with Crippen molar-refractivity contribution >= 4 is 5.65 Å². The number of aromatic nitrogens is 3. The van der Waals surface area contributed by atoms with E-state index in [9.17, 15) is 0 Å². The van der Waals surface area contributed by atoms with Crippen molar-refractivity contribution in [2.24, 2.45) is 0 Å². The van der Waals surface area contributed by atoms with Gasteiger partial charge in [-0.25, -0.2) is 4.98 Å². The molecule has 0 unspecified atom stereocenters. The van der Waals surface area contributed by atoms with E-state index in [1.54, 1.807) is 6.20 Å². The van der Waals surface area contributed by atoms with Gasteiger partial charge in [0.05, 0.1) is 5.69 Å². The van der Waals surface area contributed by atoms with Gasteiger partial charge in [-0.15, -0.1) is 0 Å². The fraction of sp³-hybridized carbons (Fsp3) is 0.143. The first-order chi connectivity index (χ1) is 12.9. The van der Waals surface area contributed by atoms with Gasteiger partial charge in [-0.3, -0.25) is 4.98 Å². The largest absolute Gasteiger partial charge is 0.487 e. The highest BCUT2D eigenvalue weighted by Gasteiger charge is 2.02. The number of ether oxygens (including phenoxy) is 1. The van der Waals surface area contributed by atoms with E-state index in [2.05, 4.69) is 33.5 Å². The SMILES string of the molecule is c1cncc(CNCc2ccc(OCc3cn4ccccc4n3)cc2)c1. The van der Waals surface area contributed by atoms with Crippen LogP contribution in [-0.4, -0.2) is 14.4 Å². The molecule has 5 nitrogen and oxygen atoms in total. The molecule has 0 fully saturated rings. The number of hydrogen-bond donors (Lipinski definition) is 1. The first-order valence-electron chi connectivity index (χ1n) is 8.61. The molecule has 4 rings (SSSR count). The van der Waals surface area contributed by atoms with Crippen LogP contribution in [0.2, 0.25) is 0 Å². The molecule has 0 saturated heterocycles. The summed E-state index contributed by atoms with van der Waals surface area (Å²) in [4.78, 5) is 8.66. The molecule has 0 radical (unpaired) electrons. The number of pyridine rings is 2. The van der Waals surface area contributed by atoms with Gasteiger partial charge in [0, 0.05) is 37.9 Å². The lowest BCUT2D eigenvalue weighted by molar-refractivity contribution is 0.302. The number of benzene rings is 1. The first-order valence-corrected chi connectivity index (χ1v) is 8.61. The minimum Gasteiger partial charge on any atom is -0.487 e. The predicted molar refractivity (Wildman–Crippen MR) is 101 cm³/mol. The molecule has 0 aliphatic heterocycles. The zero-order valence-corrected chi connectivity index (χ0v) is 14.4. The van der Waals surface area contributed by atoms with Crippen molar-refractivity contribution in [3.05, 3.63) is 96.2 Å². The van der Waals surface area contributed by atoms with Gasteiger partial charge in [-0.1, -0.05) is 24.3 Å². The second-order valence-corrected chi connectivity index (χ2v) is 6.10. The van der Waals surface area contributed by atoms with Crippen molar-refractivity contribution in [3.63, 3.8) is 0 Å². The van der Waals surface area contributed by atoms with Crippen molar-refractivity contribution in [3.8, 4) is 5.75 Å². The number of rotatable bonds is 7. The lowest BCUT2D eigenvalue weighted by atomic mass is 10.2. The van der Waals surface area contributed by atoms with E-state index < -0.39 is 0 Å². The summed E-state index contributed by atoms with van der Waals surface area (Å²) in [5.74, 6) is 0.845. The molecule has 0 bridgehead atoms. The molecule has 1 N–H and O–H groups in total. The van der Waals surface area contributed by atoms with Gasteiger partial charge in [0.25, 0.3) is 0 Å². The van der Waals surface area contributed by atoms with E-state index in [-0.39, 0.29) is 0 Å². The minimum atomic E-state index is 0.459. The summed E-state index contributed by atoms with van der Waals surface area (Å²) in [5, 5.41) is 3.42. The third-order valence-electron chi connectivity index (χ3n) is 4.10. The molecular formula is C21H20N4O. The Morgan fingerprint density at radius 2 is 1.81 bits per heavy atom. The summed E-state index contributed by atoms with van der Waals surface area (Å²) in [6.07, 6.45) is 7.64. The van der Waals surface area contributed by atoms with E-state index in [1.807, 2.05) is 59.4 Å². The van der Waals surface area contributed by atoms with E-state index in [1.165, 1.54) is 11.1 Å². The highest BCUT2D eigenvalue weighted by molar-refractivity contribution is 5.39. The van der Waals surface area contributed by atoms with E-state index >= 15 is 0 Å². The zero-order valence-electron chi connectivity index (χ0n) is 14.4. The number of fused-ring (bicyclic) bond motifs is 1. The van der Waals surface area contributed by atoms with Gasteiger partial charge < -0.3 is 14.5 Å². The molecule has 0 aliphatic rings. The second kappa shape index (κ2) is 7.80. The first kappa shape index (κ1) is 16.3. The molecule has 0 amide bonds. The Kier molecular flexibility index (Phi) is 4.89. The summed E-state index contributed by atoms with van der Waals surface area (Å²) in [5.41, 5.74) is 4.24. The topological polar surface area (TPSA) is 51.5 Å². The van der Waals surface area contributed by atoms with Gasteiger partial charge >= 0.3 is 0 Å². The Bertz CT molecular complexity index is 931. The van der Waals surface area contributed by atoms with Crippen LogP contribution in [0.5, 0.6) is 5.75 Å². The Balaban J connectivity index is 1.28. The van der Waals surface area contributed by atoms with Crippen LogP contribution in [0.3, 0.4) is 0 Å². The normalized spacial score (nSPS) is 10.9. The van der Waals surface area contributed by atoms with Gasteiger partial charge in [-0.2, -0.15) is 0 Å². The Labute approximate surface area is 152 Å². The molecule has 0 spiro atoms. The maximum Gasteiger partial charge on any atom is 0.137 e. The molecule has 130 valence electrons. The van der Waals surface area contributed by atoms with Crippen molar-refractivity contribution in [2.75, 3.05) is 0 Å². The zero-order chi connectivity index (χ0) is 17.6. The fourth-order valence-corrected chi connectivity index (χ4v) is 2.77. The smallest absolute Gasteiger partial charge is 0.137 e. The summed E-state index contributed by atoms with van der Waals surface area (Å²) >= 11 is 0.